The van der Waals surface area contributed by atoms with Gasteiger partial charge in [0, 0.05) is 13.0 Å². The van der Waals surface area contributed by atoms with Crippen LogP contribution in [0.1, 0.15) is 22.7 Å². The maximum absolute atomic E-state index is 11.7. The number of nitrogen functional groups attached to an aromatic ring is 1. The van der Waals surface area contributed by atoms with Crippen LogP contribution in [0.2, 0.25) is 0 Å². The van der Waals surface area contributed by atoms with E-state index < -0.39 is 0 Å². The Hall–Kier alpha value is -2.44. The zero-order valence-corrected chi connectivity index (χ0v) is 9.76. The van der Waals surface area contributed by atoms with Crippen LogP contribution in [0.3, 0.4) is 0 Å². The van der Waals surface area contributed by atoms with E-state index in [0.29, 0.717) is 17.9 Å². The maximum Gasteiger partial charge on any atom is 0.269 e. The van der Waals surface area contributed by atoms with Crippen molar-refractivity contribution < 1.29 is 4.79 Å². The lowest BCUT2D eigenvalue weighted by Crippen LogP contribution is -2.25. The first-order valence-electron chi connectivity index (χ1n) is 5.59. The summed E-state index contributed by atoms with van der Waals surface area (Å²) in [5, 5.41) is 9.29. The number of hydrogen-bond donors (Lipinski definition) is 3. The van der Waals surface area contributed by atoms with Gasteiger partial charge in [0.2, 0.25) is 0 Å². The predicted molar refractivity (Wildman–Crippen MR) is 65.7 cm³/mol. The Morgan fingerprint density at radius 2 is 2.28 bits per heavy atom. The SMILES string of the molecule is Nc1ccc(C(=O)NCCCc2ncn[nH]2)nc1. The van der Waals surface area contributed by atoms with Crippen molar-refractivity contribution in [2.75, 3.05) is 12.3 Å². The van der Waals surface area contributed by atoms with Gasteiger partial charge in [0.05, 0.1) is 11.9 Å². The molecule has 0 aromatic carbocycles. The van der Waals surface area contributed by atoms with Gasteiger partial charge < -0.3 is 11.1 Å². The Morgan fingerprint density at radius 3 is 2.94 bits per heavy atom. The smallest absolute Gasteiger partial charge is 0.269 e. The number of amides is 1. The van der Waals surface area contributed by atoms with Gasteiger partial charge in [-0.05, 0) is 18.6 Å². The highest BCUT2D eigenvalue weighted by atomic mass is 16.1. The van der Waals surface area contributed by atoms with Gasteiger partial charge in [0.15, 0.2) is 0 Å². The molecule has 0 aliphatic rings. The third kappa shape index (κ3) is 3.27. The third-order valence-electron chi connectivity index (χ3n) is 2.36. The number of carbonyl (C=O) groups excluding carboxylic acids is 1. The molecule has 4 N–H and O–H groups in total. The molecule has 7 nitrogen and oxygen atoms in total. The highest BCUT2D eigenvalue weighted by molar-refractivity contribution is 5.92. The molecule has 0 unspecified atom stereocenters. The highest BCUT2D eigenvalue weighted by Gasteiger charge is 2.05. The number of nitrogens with two attached hydrogens (primary N) is 1. The van der Waals surface area contributed by atoms with Gasteiger partial charge in [-0.2, -0.15) is 5.10 Å². The van der Waals surface area contributed by atoms with Crippen LogP contribution < -0.4 is 11.1 Å². The number of aromatic amines is 1. The largest absolute Gasteiger partial charge is 0.397 e. The fourth-order valence-electron chi connectivity index (χ4n) is 1.44. The molecule has 0 saturated heterocycles. The van der Waals surface area contributed by atoms with Crippen LogP contribution in [0.25, 0.3) is 0 Å². The van der Waals surface area contributed by atoms with Gasteiger partial charge in [0.25, 0.3) is 5.91 Å². The summed E-state index contributed by atoms with van der Waals surface area (Å²) in [4.78, 5) is 19.6. The first kappa shape index (κ1) is 12.0. The Labute approximate surface area is 104 Å². The molecule has 7 heteroatoms. The Morgan fingerprint density at radius 1 is 1.39 bits per heavy atom. The minimum atomic E-state index is -0.201. The van der Waals surface area contributed by atoms with Crippen molar-refractivity contribution >= 4 is 11.6 Å². The molecule has 0 aliphatic heterocycles. The number of rotatable bonds is 5. The van der Waals surface area contributed by atoms with Crippen LogP contribution in [0.15, 0.2) is 24.7 Å². The summed E-state index contributed by atoms with van der Waals surface area (Å²) in [7, 11) is 0. The quantitative estimate of drug-likeness (QED) is 0.650. The molecule has 2 rings (SSSR count). The highest BCUT2D eigenvalue weighted by Crippen LogP contribution is 2.01. The average molecular weight is 246 g/mol. The van der Waals surface area contributed by atoms with E-state index in [2.05, 4.69) is 25.5 Å². The van der Waals surface area contributed by atoms with E-state index in [1.54, 1.807) is 12.1 Å². The summed E-state index contributed by atoms with van der Waals surface area (Å²) >= 11 is 0. The van der Waals surface area contributed by atoms with E-state index >= 15 is 0 Å². The van der Waals surface area contributed by atoms with Crippen LogP contribution in [0.4, 0.5) is 5.69 Å². The second-order valence-electron chi connectivity index (χ2n) is 3.77. The number of carbonyl (C=O) groups is 1. The molecular formula is C11H14N6O. The Bertz CT molecular complexity index is 493. The van der Waals surface area contributed by atoms with E-state index in [-0.39, 0.29) is 5.91 Å². The number of nitrogens with zero attached hydrogens (tertiary/aromatic N) is 3. The zero-order valence-electron chi connectivity index (χ0n) is 9.76. The molecular weight excluding hydrogens is 232 g/mol. The molecule has 0 fully saturated rings. The molecule has 2 aromatic rings. The fraction of sp³-hybridized carbons (Fsp3) is 0.273. The van der Waals surface area contributed by atoms with Crippen LogP contribution in [-0.4, -0.2) is 32.6 Å². The van der Waals surface area contributed by atoms with Gasteiger partial charge >= 0.3 is 0 Å². The minimum absolute atomic E-state index is 0.201. The first-order chi connectivity index (χ1) is 8.75. The number of aryl methyl sites for hydroxylation is 1. The van der Waals surface area contributed by atoms with E-state index in [1.807, 2.05) is 0 Å². The second kappa shape index (κ2) is 5.76. The summed E-state index contributed by atoms with van der Waals surface area (Å²) in [6, 6.07) is 3.25. The lowest BCUT2D eigenvalue weighted by Gasteiger charge is -2.03. The van der Waals surface area contributed by atoms with Crippen molar-refractivity contribution in [3.63, 3.8) is 0 Å². The van der Waals surface area contributed by atoms with Gasteiger partial charge in [0.1, 0.15) is 17.8 Å². The summed E-state index contributed by atoms with van der Waals surface area (Å²) in [6.45, 7) is 0.561. The predicted octanol–water partition coefficient (Wildman–Crippen LogP) is 0.144. The number of aromatic nitrogens is 4. The molecule has 0 bridgehead atoms. The van der Waals surface area contributed by atoms with Crippen molar-refractivity contribution in [3.05, 3.63) is 36.2 Å². The Kier molecular flexibility index (Phi) is 3.85. The Balaban J connectivity index is 1.73. The zero-order chi connectivity index (χ0) is 12.8. The molecule has 1 amide bonds. The van der Waals surface area contributed by atoms with Crippen molar-refractivity contribution in [3.8, 4) is 0 Å². The van der Waals surface area contributed by atoms with Crippen LogP contribution in [-0.2, 0) is 6.42 Å². The monoisotopic (exact) mass is 246 g/mol. The molecule has 0 spiro atoms. The van der Waals surface area contributed by atoms with Crippen molar-refractivity contribution in [1.29, 1.82) is 0 Å². The molecule has 0 saturated carbocycles. The van der Waals surface area contributed by atoms with E-state index in [9.17, 15) is 4.79 Å². The number of hydrogen-bond acceptors (Lipinski definition) is 5. The summed E-state index contributed by atoms with van der Waals surface area (Å²) < 4.78 is 0. The minimum Gasteiger partial charge on any atom is -0.397 e. The van der Waals surface area contributed by atoms with Gasteiger partial charge in [-0.15, -0.1) is 0 Å². The molecule has 94 valence electrons. The molecule has 2 heterocycles. The van der Waals surface area contributed by atoms with Crippen LogP contribution in [0.5, 0.6) is 0 Å². The van der Waals surface area contributed by atoms with Crippen LogP contribution in [0, 0.1) is 0 Å². The standard InChI is InChI=1S/C11H14N6O/c12-8-3-4-9(14-6-8)11(18)13-5-1-2-10-15-7-16-17-10/h3-4,6-7H,1-2,5,12H2,(H,13,18)(H,15,16,17). The summed E-state index contributed by atoms with van der Waals surface area (Å²) in [5.41, 5.74) is 6.40. The van der Waals surface area contributed by atoms with Crippen molar-refractivity contribution in [2.24, 2.45) is 0 Å². The average Bonchev–Trinajstić information content (AvgIpc) is 2.88. The maximum atomic E-state index is 11.7. The first-order valence-corrected chi connectivity index (χ1v) is 5.59. The van der Waals surface area contributed by atoms with E-state index in [4.69, 9.17) is 5.73 Å². The summed E-state index contributed by atoms with van der Waals surface area (Å²) in [6.07, 6.45) is 4.46. The number of H-pyrrole nitrogens is 1. The van der Waals surface area contributed by atoms with Gasteiger partial charge in [-0.1, -0.05) is 0 Å². The van der Waals surface area contributed by atoms with Gasteiger partial charge in [-0.25, -0.2) is 9.97 Å². The molecule has 0 radical (unpaired) electrons. The number of pyridine rings is 1. The molecule has 18 heavy (non-hydrogen) atoms. The summed E-state index contributed by atoms with van der Waals surface area (Å²) in [5.74, 6) is 0.613. The molecule has 0 atom stereocenters. The van der Waals surface area contributed by atoms with Crippen molar-refractivity contribution in [2.45, 2.75) is 12.8 Å². The lowest BCUT2D eigenvalue weighted by molar-refractivity contribution is 0.0948. The van der Waals surface area contributed by atoms with Crippen molar-refractivity contribution in [1.82, 2.24) is 25.5 Å². The molecule has 2 aromatic heterocycles. The van der Waals surface area contributed by atoms with E-state index in [1.165, 1.54) is 12.5 Å². The van der Waals surface area contributed by atoms with E-state index in [0.717, 1.165) is 18.7 Å². The number of nitrogens with one attached hydrogen (secondary N) is 2. The van der Waals surface area contributed by atoms with Gasteiger partial charge in [-0.3, -0.25) is 9.89 Å². The third-order valence-corrected chi connectivity index (χ3v) is 2.36. The topological polar surface area (TPSA) is 110 Å². The normalized spacial score (nSPS) is 10.2. The lowest BCUT2D eigenvalue weighted by atomic mass is 10.3. The number of anilines is 1. The molecule has 0 aliphatic carbocycles. The second-order valence-corrected chi connectivity index (χ2v) is 3.77. The van der Waals surface area contributed by atoms with Crippen LogP contribution >= 0.6 is 0 Å². The fourth-order valence-corrected chi connectivity index (χ4v) is 1.44.